The number of hydrogen-bond donors (Lipinski definition) is 1. The van der Waals surface area contributed by atoms with Crippen molar-refractivity contribution < 1.29 is 22.7 Å². The monoisotopic (exact) mass is 442 g/mol. The van der Waals surface area contributed by atoms with Crippen molar-refractivity contribution in [3.05, 3.63) is 71.6 Å². The number of benzene rings is 1. The number of hydrogen-bond acceptors (Lipinski definition) is 6. The number of anilines is 1. The largest absolute Gasteiger partial charge is 0.462 e. The van der Waals surface area contributed by atoms with Crippen molar-refractivity contribution in [1.82, 2.24) is 15.2 Å². The van der Waals surface area contributed by atoms with Crippen LogP contribution >= 0.6 is 0 Å². The minimum Gasteiger partial charge on any atom is -0.462 e. The Morgan fingerprint density at radius 3 is 2.62 bits per heavy atom. The molecule has 1 fully saturated rings. The van der Waals surface area contributed by atoms with Gasteiger partial charge in [0, 0.05) is 23.7 Å². The minimum absolute atomic E-state index is 0.135. The average Bonchev–Trinajstić information content (AvgIpc) is 2.77. The number of nitrogens with one attached hydrogen (secondary N) is 1. The van der Waals surface area contributed by atoms with Crippen LogP contribution in [-0.2, 0) is 10.2 Å². The maximum absolute atomic E-state index is 14.3. The summed E-state index contributed by atoms with van der Waals surface area (Å²) >= 11 is 0. The van der Waals surface area contributed by atoms with Gasteiger partial charge in [-0.25, -0.2) is 18.0 Å². The predicted octanol–water partition coefficient (Wildman–Crippen LogP) is 4.48. The number of aromatic nitrogens is 3. The van der Waals surface area contributed by atoms with Gasteiger partial charge < -0.3 is 10.1 Å². The molecule has 1 aromatic carbocycles. The van der Waals surface area contributed by atoms with Crippen molar-refractivity contribution in [3.63, 3.8) is 0 Å². The van der Waals surface area contributed by atoms with Crippen LogP contribution in [0, 0.1) is 11.6 Å². The van der Waals surface area contributed by atoms with Crippen LogP contribution < -0.4 is 5.32 Å². The first-order valence-electron chi connectivity index (χ1n) is 10.2. The van der Waals surface area contributed by atoms with E-state index in [1.807, 2.05) is 0 Å². The Morgan fingerprint density at radius 1 is 1.16 bits per heavy atom. The van der Waals surface area contributed by atoms with E-state index in [0.29, 0.717) is 17.1 Å². The predicted molar refractivity (Wildman–Crippen MR) is 112 cm³/mol. The summed E-state index contributed by atoms with van der Waals surface area (Å²) in [6.07, 6.45) is 0.837. The molecule has 6 nitrogen and oxygen atoms in total. The lowest BCUT2D eigenvalue weighted by molar-refractivity contribution is 0.0521. The van der Waals surface area contributed by atoms with Gasteiger partial charge in [0.25, 0.3) is 0 Å². The topological polar surface area (TPSA) is 77.0 Å². The second kappa shape index (κ2) is 8.94. The zero-order chi connectivity index (χ0) is 22.7. The number of alkyl halides is 1. The molecule has 0 radical (unpaired) electrons. The molecule has 3 aromatic rings. The van der Waals surface area contributed by atoms with Gasteiger partial charge in [0.05, 0.1) is 23.6 Å². The molecule has 32 heavy (non-hydrogen) atoms. The molecule has 1 N–H and O–H groups in total. The number of halogens is 3. The summed E-state index contributed by atoms with van der Waals surface area (Å²) in [5.74, 6) is -1.48. The van der Waals surface area contributed by atoms with E-state index in [4.69, 9.17) is 4.74 Å². The fourth-order valence-electron chi connectivity index (χ4n) is 3.88. The number of esters is 1. The van der Waals surface area contributed by atoms with Crippen LogP contribution in [0.25, 0.3) is 11.3 Å². The molecule has 4 rings (SSSR count). The summed E-state index contributed by atoms with van der Waals surface area (Å²) < 4.78 is 46.8. The average molecular weight is 442 g/mol. The van der Waals surface area contributed by atoms with Crippen molar-refractivity contribution >= 4 is 11.8 Å². The van der Waals surface area contributed by atoms with Gasteiger partial charge in [0.2, 0.25) is 0 Å². The van der Waals surface area contributed by atoms with Crippen LogP contribution in [0.4, 0.5) is 19.0 Å². The molecule has 0 saturated heterocycles. The summed E-state index contributed by atoms with van der Waals surface area (Å²) in [5, 5.41) is 11.3. The Kier molecular flexibility index (Phi) is 6.07. The molecule has 2 aromatic heterocycles. The summed E-state index contributed by atoms with van der Waals surface area (Å²) in [6.45, 7) is 2.02. The lowest BCUT2D eigenvalue weighted by Crippen LogP contribution is -2.49. The highest BCUT2D eigenvalue weighted by molar-refractivity contribution is 5.91. The lowest BCUT2D eigenvalue weighted by atomic mass is 9.65. The van der Waals surface area contributed by atoms with Gasteiger partial charge in [-0.1, -0.05) is 0 Å². The first-order chi connectivity index (χ1) is 15.4. The van der Waals surface area contributed by atoms with E-state index < -0.39 is 29.2 Å². The van der Waals surface area contributed by atoms with Crippen LogP contribution in [0.5, 0.6) is 0 Å². The van der Waals surface area contributed by atoms with Crippen molar-refractivity contribution in [2.75, 3.05) is 18.5 Å². The van der Waals surface area contributed by atoms with E-state index in [0.717, 1.165) is 0 Å². The highest BCUT2D eigenvalue weighted by Crippen LogP contribution is 2.45. The Balaban J connectivity index is 1.49. The summed E-state index contributed by atoms with van der Waals surface area (Å²) in [7, 11) is 0. The first-order valence-corrected chi connectivity index (χ1v) is 10.2. The number of nitrogens with zero attached hydrogens (tertiary/aromatic N) is 3. The molecule has 1 aliphatic carbocycles. The fraction of sp³-hybridized carbons (Fsp3) is 0.304. The molecule has 0 aliphatic heterocycles. The summed E-state index contributed by atoms with van der Waals surface area (Å²) in [4.78, 5) is 16.0. The molecular weight excluding hydrogens is 421 g/mol. The first kappa shape index (κ1) is 21.7. The van der Waals surface area contributed by atoms with Crippen molar-refractivity contribution in [2.24, 2.45) is 0 Å². The van der Waals surface area contributed by atoms with E-state index in [2.05, 4.69) is 20.5 Å². The zero-order valence-corrected chi connectivity index (χ0v) is 17.3. The third-order valence-corrected chi connectivity index (χ3v) is 5.52. The number of rotatable bonds is 7. The number of carbonyl (C=O) groups is 1. The zero-order valence-electron chi connectivity index (χ0n) is 17.3. The minimum atomic E-state index is -1.00. The lowest BCUT2D eigenvalue weighted by Gasteiger charge is -2.44. The highest BCUT2D eigenvalue weighted by atomic mass is 19.1. The van der Waals surface area contributed by atoms with Crippen molar-refractivity contribution in [3.8, 4) is 11.3 Å². The van der Waals surface area contributed by atoms with Crippen LogP contribution in [0.2, 0.25) is 0 Å². The molecule has 0 spiro atoms. The van der Waals surface area contributed by atoms with E-state index in [1.165, 1.54) is 36.5 Å². The van der Waals surface area contributed by atoms with Crippen LogP contribution in [-0.4, -0.2) is 40.5 Å². The molecule has 0 bridgehead atoms. The Bertz CT molecular complexity index is 1120. The van der Waals surface area contributed by atoms with E-state index in [-0.39, 0.29) is 37.3 Å². The number of ether oxygens (including phenoxy) is 1. The normalized spacial score (nSPS) is 19.8. The van der Waals surface area contributed by atoms with Gasteiger partial charge in [-0.3, -0.25) is 4.98 Å². The molecule has 2 heterocycles. The molecule has 1 aliphatic rings. The molecular formula is C23H21F3N4O2. The van der Waals surface area contributed by atoms with Crippen molar-refractivity contribution in [2.45, 2.75) is 31.4 Å². The van der Waals surface area contributed by atoms with Gasteiger partial charge in [-0.2, -0.15) is 0 Å². The number of pyridine rings is 1. The number of carbonyl (C=O) groups excluding carboxylic acids is 1. The van der Waals surface area contributed by atoms with Crippen molar-refractivity contribution in [1.29, 1.82) is 0 Å². The second-order valence-electron chi connectivity index (χ2n) is 7.69. The summed E-state index contributed by atoms with van der Waals surface area (Å²) in [6, 6.07) is 10.2. The van der Waals surface area contributed by atoms with Gasteiger partial charge in [-0.05, 0) is 62.2 Å². The van der Waals surface area contributed by atoms with Gasteiger partial charge >= 0.3 is 5.97 Å². The van der Waals surface area contributed by atoms with E-state index in [1.54, 1.807) is 19.1 Å². The SMILES string of the molecule is CCOC(=O)c1cc(-c2ccc(NCC3(c4ncccc4F)CC(F)C3)nn2)ccc1F. The third-order valence-electron chi connectivity index (χ3n) is 5.52. The molecule has 1 saturated carbocycles. The quantitative estimate of drug-likeness (QED) is 0.544. The van der Waals surface area contributed by atoms with Crippen LogP contribution in [0.1, 0.15) is 35.8 Å². The van der Waals surface area contributed by atoms with E-state index >= 15 is 0 Å². The van der Waals surface area contributed by atoms with E-state index in [9.17, 15) is 18.0 Å². The Labute approximate surface area is 182 Å². The van der Waals surface area contributed by atoms with Crippen LogP contribution in [0.3, 0.4) is 0 Å². The fourth-order valence-corrected chi connectivity index (χ4v) is 3.88. The molecule has 166 valence electrons. The second-order valence-corrected chi connectivity index (χ2v) is 7.69. The summed E-state index contributed by atoms with van der Waals surface area (Å²) in [5.41, 5.74) is 0.234. The van der Waals surface area contributed by atoms with Gasteiger partial charge in [0.1, 0.15) is 23.6 Å². The smallest absolute Gasteiger partial charge is 0.341 e. The van der Waals surface area contributed by atoms with Gasteiger partial charge in [-0.15, -0.1) is 10.2 Å². The van der Waals surface area contributed by atoms with Crippen LogP contribution in [0.15, 0.2) is 48.7 Å². The molecule has 9 heteroatoms. The highest BCUT2D eigenvalue weighted by Gasteiger charge is 2.48. The maximum atomic E-state index is 14.3. The third kappa shape index (κ3) is 4.28. The molecule has 0 amide bonds. The Morgan fingerprint density at radius 2 is 1.97 bits per heavy atom. The standard InChI is InChI=1S/C23H21F3N4O2/c1-2-32-22(31)16-10-14(5-6-17(16)25)19-7-8-20(30-29-19)28-13-23(11-15(24)12-23)21-18(26)4-3-9-27-21/h3-10,15H,2,11-13H2,1H3,(H,28,30). The Hall–Kier alpha value is -3.49. The molecule has 0 atom stereocenters. The maximum Gasteiger partial charge on any atom is 0.341 e. The van der Waals surface area contributed by atoms with Gasteiger partial charge in [0.15, 0.2) is 0 Å². The molecule has 0 unspecified atom stereocenters.